The van der Waals surface area contributed by atoms with Crippen molar-refractivity contribution in [2.24, 2.45) is 11.8 Å². The lowest BCUT2D eigenvalue weighted by molar-refractivity contribution is -0.141. The predicted octanol–water partition coefficient (Wildman–Crippen LogP) is 5.00. The minimum atomic E-state index is -4.36. The van der Waals surface area contributed by atoms with Gasteiger partial charge in [0, 0.05) is 58.5 Å². The molecule has 10 nitrogen and oxygen atoms in total. The average molecular weight is 705 g/mol. The van der Waals surface area contributed by atoms with Crippen molar-refractivity contribution in [1.29, 1.82) is 0 Å². The SMILES string of the molecule is CO[C@H]1/C=C/CCN(C)C(=O)C[C@](F)(C(=O)NS(=O)(=O)N(C)C)c2ccc3c(c2)N(CCCCc2cc(Cl)ccc2CO3)C[C@@H]2CC[C@H]21. The van der Waals surface area contributed by atoms with Crippen molar-refractivity contribution < 1.29 is 31.9 Å². The fraction of sp³-hybridized carbons (Fsp3) is 0.543. The van der Waals surface area contributed by atoms with Gasteiger partial charge >= 0.3 is 10.2 Å². The number of anilines is 1. The molecule has 0 spiro atoms. The van der Waals surface area contributed by atoms with Crippen LogP contribution in [0.25, 0.3) is 0 Å². The second-order valence-corrected chi connectivity index (χ2v) is 15.5. The molecule has 3 aliphatic rings. The van der Waals surface area contributed by atoms with Gasteiger partial charge in [0.25, 0.3) is 5.91 Å². The van der Waals surface area contributed by atoms with Crippen molar-refractivity contribution in [3.05, 3.63) is 70.3 Å². The molecular formula is C35H46ClFN4O6S. The highest BCUT2D eigenvalue weighted by Crippen LogP contribution is 2.43. The average Bonchev–Trinajstić information content (AvgIpc) is 3.06. The molecular weight excluding hydrogens is 659 g/mol. The van der Waals surface area contributed by atoms with Crippen molar-refractivity contribution >= 4 is 39.3 Å². The molecule has 2 aliphatic heterocycles. The summed E-state index contributed by atoms with van der Waals surface area (Å²) in [4.78, 5) is 30.7. The van der Waals surface area contributed by atoms with E-state index in [4.69, 9.17) is 21.1 Å². The lowest BCUT2D eigenvalue weighted by Crippen LogP contribution is -2.49. The molecule has 1 N–H and O–H groups in total. The Hall–Kier alpha value is -3.19. The summed E-state index contributed by atoms with van der Waals surface area (Å²) in [6.45, 7) is 1.82. The van der Waals surface area contributed by atoms with Crippen LogP contribution in [0.5, 0.6) is 5.75 Å². The summed E-state index contributed by atoms with van der Waals surface area (Å²) < 4.78 is 57.8. The van der Waals surface area contributed by atoms with Gasteiger partial charge in [0.15, 0.2) is 0 Å². The summed E-state index contributed by atoms with van der Waals surface area (Å²) in [7, 11) is 1.36. The zero-order valence-corrected chi connectivity index (χ0v) is 29.7. The summed E-state index contributed by atoms with van der Waals surface area (Å²) >= 11 is 6.34. The van der Waals surface area contributed by atoms with E-state index in [-0.39, 0.29) is 36.7 Å². The van der Waals surface area contributed by atoms with Crippen LogP contribution in [0.2, 0.25) is 5.02 Å². The van der Waals surface area contributed by atoms with E-state index in [1.807, 2.05) is 35.1 Å². The van der Waals surface area contributed by atoms with Gasteiger partial charge in [0.2, 0.25) is 11.6 Å². The van der Waals surface area contributed by atoms with Crippen LogP contribution in [-0.4, -0.2) is 83.4 Å². The van der Waals surface area contributed by atoms with Gasteiger partial charge in [-0.1, -0.05) is 35.9 Å². The maximum Gasteiger partial charge on any atom is 0.303 e. The number of fused-ring (bicyclic) bond motifs is 3. The van der Waals surface area contributed by atoms with Gasteiger partial charge in [-0.2, -0.15) is 12.7 Å². The monoisotopic (exact) mass is 704 g/mol. The predicted molar refractivity (Wildman–Crippen MR) is 184 cm³/mol. The third-order valence-corrected chi connectivity index (χ3v) is 11.5. The highest BCUT2D eigenvalue weighted by molar-refractivity contribution is 7.87. The molecule has 2 aromatic rings. The molecule has 0 radical (unpaired) electrons. The third kappa shape index (κ3) is 7.98. The first kappa shape index (κ1) is 36.1. The standard InChI is InChI=1S/C35H46ClFN4O6S/c1-39(2)48(44,45)38-34(43)35(37)21-33(42)40(3)17-7-6-10-31(46-4)29-15-12-25(29)22-41-18-8-5-9-24-19-28(36)14-11-26(24)23-47-32-16-13-27(35)20-30(32)41/h6,10-11,13-14,16,19-20,25,29,31H,5,7-9,12,15,17-18,21-23H2,1-4H3,(H,38,43)/b10-6+/t25-,29+,31-,35+/m0/s1. The number of carbonyl (C=O) groups excluding carboxylic acids is 2. The quantitative estimate of drug-likeness (QED) is 0.447. The number of carbonyl (C=O) groups is 2. The largest absolute Gasteiger partial charge is 0.487 e. The van der Waals surface area contributed by atoms with E-state index >= 15 is 4.39 Å². The molecule has 0 unspecified atom stereocenters. The first-order chi connectivity index (χ1) is 22.8. The Bertz CT molecular complexity index is 1640. The number of amides is 2. The minimum absolute atomic E-state index is 0.0799. The normalized spacial score (nSPS) is 26.3. The number of hydrogen-bond donors (Lipinski definition) is 1. The second kappa shape index (κ2) is 15.1. The molecule has 262 valence electrons. The number of rotatable bonds is 4. The van der Waals surface area contributed by atoms with Crippen molar-refractivity contribution in [2.75, 3.05) is 52.8 Å². The minimum Gasteiger partial charge on any atom is -0.487 e. The van der Waals surface area contributed by atoms with E-state index < -0.39 is 34.1 Å². The Morgan fingerprint density at radius 2 is 1.92 bits per heavy atom. The fourth-order valence-electron chi connectivity index (χ4n) is 6.69. The number of nitrogens with zero attached hydrogens (tertiary/aromatic N) is 3. The number of benzene rings is 2. The third-order valence-electron chi connectivity index (χ3n) is 9.90. The second-order valence-electron chi connectivity index (χ2n) is 13.2. The molecule has 48 heavy (non-hydrogen) atoms. The molecule has 1 fully saturated rings. The molecule has 4 atom stereocenters. The number of ether oxygens (including phenoxy) is 2. The molecule has 5 rings (SSSR count). The summed E-state index contributed by atoms with van der Waals surface area (Å²) in [6, 6.07) is 10.3. The van der Waals surface area contributed by atoms with E-state index in [0.717, 1.165) is 47.5 Å². The van der Waals surface area contributed by atoms with Gasteiger partial charge in [-0.05, 0) is 85.8 Å². The van der Waals surface area contributed by atoms with E-state index in [9.17, 15) is 18.0 Å². The zero-order valence-electron chi connectivity index (χ0n) is 28.1. The number of alkyl halides is 1. The van der Waals surface area contributed by atoms with Gasteiger partial charge in [0.1, 0.15) is 12.4 Å². The molecule has 1 saturated carbocycles. The van der Waals surface area contributed by atoms with Crippen molar-refractivity contribution in [3.8, 4) is 5.75 Å². The molecule has 1 aliphatic carbocycles. The molecule has 13 heteroatoms. The zero-order chi connectivity index (χ0) is 34.6. The van der Waals surface area contributed by atoms with Gasteiger partial charge in [-0.15, -0.1) is 0 Å². The Labute approximate surface area is 288 Å². The lowest BCUT2D eigenvalue weighted by atomic mass is 9.70. The fourth-order valence-corrected chi connectivity index (χ4v) is 7.46. The van der Waals surface area contributed by atoms with Crippen LogP contribution in [-0.2, 0) is 43.2 Å². The highest BCUT2D eigenvalue weighted by Gasteiger charge is 2.46. The number of nitrogens with one attached hydrogen (secondary N) is 1. The Kier molecular flexibility index (Phi) is 11.4. The van der Waals surface area contributed by atoms with E-state index in [2.05, 4.69) is 4.90 Å². The van der Waals surface area contributed by atoms with Crippen molar-refractivity contribution in [3.63, 3.8) is 0 Å². The molecule has 0 saturated heterocycles. The van der Waals surface area contributed by atoms with Crippen LogP contribution in [0.15, 0.2) is 48.6 Å². The molecule has 2 amide bonds. The van der Waals surface area contributed by atoms with Crippen LogP contribution in [0.3, 0.4) is 0 Å². The van der Waals surface area contributed by atoms with Gasteiger partial charge in [0.05, 0.1) is 18.2 Å². The summed E-state index contributed by atoms with van der Waals surface area (Å²) in [5, 5.41) is 0.658. The summed E-state index contributed by atoms with van der Waals surface area (Å²) in [5.74, 6) is -1.02. The molecule has 2 aromatic carbocycles. The molecule has 0 aromatic heterocycles. The first-order valence-corrected chi connectivity index (χ1v) is 18.3. The van der Waals surface area contributed by atoms with Gasteiger partial charge in [-0.3, -0.25) is 9.59 Å². The number of aryl methyl sites for hydroxylation is 1. The lowest BCUT2D eigenvalue weighted by Gasteiger charge is -2.43. The maximum atomic E-state index is 17.4. The van der Waals surface area contributed by atoms with Crippen LogP contribution in [0.1, 0.15) is 55.2 Å². The number of methoxy groups -OCH3 is 1. The van der Waals surface area contributed by atoms with Crippen LogP contribution < -0.4 is 14.4 Å². The van der Waals surface area contributed by atoms with Crippen molar-refractivity contribution in [1.82, 2.24) is 13.9 Å². The Morgan fingerprint density at radius 3 is 2.62 bits per heavy atom. The van der Waals surface area contributed by atoms with Crippen molar-refractivity contribution in [2.45, 2.75) is 63.3 Å². The van der Waals surface area contributed by atoms with E-state index in [1.165, 1.54) is 25.1 Å². The van der Waals surface area contributed by atoms with E-state index in [1.54, 1.807) is 26.3 Å². The maximum absolute atomic E-state index is 17.4. The topological polar surface area (TPSA) is 108 Å². The highest BCUT2D eigenvalue weighted by atomic mass is 35.5. The first-order valence-electron chi connectivity index (χ1n) is 16.5. The summed E-state index contributed by atoms with van der Waals surface area (Å²) in [6.07, 6.45) is 8.11. The smallest absolute Gasteiger partial charge is 0.303 e. The summed E-state index contributed by atoms with van der Waals surface area (Å²) in [5.41, 5.74) is -0.446. The number of hydrogen-bond acceptors (Lipinski definition) is 7. The van der Waals surface area contributed by atoms with E-state index in [0.29, 0.717) is 36.0 Å². The van der Waals surface area contributed by atoms with Gasteiger partial charge < -0.3 is 19.3 Å². The van der Waals surface area contributed by atoms with Crippen LogP contribution in [0, 0.1) is 11.8 Å². The van der Waals surface area contributed by atoms with Crippen LogP contribution >= 0.6 is 11.6 Å². The Balaban J connectivity index is 1.63. The Morgan fingerprint density at radius 1 is 1.12 bits per heavy atom. The van der Waals surface area contributed by atoms with Crippen LogP contribution in [0.4, 0.5) is 10.1 Å². The number of halogens is 2. The van der Waals surface area contributed by atoms with Gasteiger partial charge in [-0.25, -0.2) is 9.11 Å². The molecule has 2 bridgehead atoms. The molecule has 2 heterocycles.